The van der Waals surface area contributed by atoms with Crippen LogP contribution >= 0.6 is 34.7 Å². The molecule has 0 aliphatic heterocycles. The van der Waals surface area contributed by atoms with Crippen molar-refractivity contribution < 1.29 is 4.79 Å². The Morgan fingerprint density at radius 3 is 2.24 bits per heavy atom. The molecule has 0 aliphatic rings. The van der Waals surface area contributed by atoms with Gasteiger partial charge in [-0.1, -0.05) is 84.4 Å². The van der Waals surface area contributed by atoms with Crippen molar-refractivity contribution in [1.82, 2.24) is 9.97 Å². The van der Waals surface area contributed by atoms with Gasteiger partial charge in [0.1, 0.15) is 11.1 Å². The summed E-state index contributed by atoms with van der Waals surface area (Å²) >= 11 is 8.75. The van der Waals surface area contributed by atoms with E-state index in [0.29, 0.717) is 26.5 Å². The monoisotopic (exact) mass is 552 g/mol. The van der Waals surface area contributed by atoms with Gasteiger partial charge in [-0.15, -0.1) is 23.1 Å². The Bertz CT molecular complexity index is 1600. The molecule has 1 amide bonds. The number of rotatable bonds is 8. The Morgan fingerprint density at radius 2 is 1.55 bits per heavy atom. The van der Waals surface area contributed by atoms with Crippen molar-refractivity contribution in [2.24, 2.45) is 0 Å². The molecule has 0 bridgehead atoms. The number of benzene rings is 3. The fraction of sp³-hybridized carbons (Fsp3) is 0.0667. The molecule has 0 unspecified atom stereocenters. The van der Waals surface area contributed by atoms with Gasteiger partial charge in [0.25, 0.3) is 0 Å². The molecule has 0 aliphatic carbocycles. The molecule has 5 aromatic rings. The van der Waals surface area contributed by atoms with Crippen LogP contribution in [0.4, 0.5) is 5.13 Å². The van der Waals surface area contributed by atoms with Crippen LogP contribution in [0, 0.1) is 11.3 Å². The maximum absolute atomic E-state index is 12.7. The van der Waals surface area contributed by atoms with E-state index in [1.54, 1.807) is 0 Å². The number of pyridine rings is 1. The van der Waals surface area contributed by atoms with Crippen molar-refractivity contribution in [3.8, 4) is 39.7 Å². The van der Waals surface area contributed by atoms with Crippen LogP contribution in [0.25, 0.3) is 33.6 Å². The Hall–Kier alpha value is -3.96. The minimum atomic E-state index is -0.143. The minimum Gasteiger partial charge on any atom is -0.302 e. The fourth-order valence-electron chi connectivity index (χ4n) is 3.84. The van der Waals surface area contributed by atoms with Crippen molar-refractivity contribution in [2.45, 2.75) is 11.4 Å². The van der Waals surface area contributed by atoms with Gasteiger partial charge >= 0.3 is 0 Å². The van der Waals surface area contributed by atoms with Gasteiger partial charge in [-0.2, -0.15) is 5.26 Å². The number of carbonyl (C=O) groups excluding carboxylic acids is 1. The summed E-state index contributed by atoms with van der Waals surface area (Å²) in [5, 5.41) is 16.6. The lowest BCUT2D eigenvalue weighted by Crippen LogP contribution is -2.12. The quantitative estimate of drug-likeness (QED) is 0.196. The number of hydrogen-bond acceptors (Lipinski definition) is 6. The summed E-state index contributed by atoms with van der Waals surface area (Å²) in [6.07, 6.45) is 0.253. The minimum absolute atomic E-state index is 0.143. The fourth-order valence-corrected chi connectivity index (χ4v) is 5.65. The van der Waals surface area contributed by atoms with Gasteiger partial charge in [0.05, 0.1) is 17.0 Å². The Morgan fingerprint density at radius 1 is 0.895 bits per heavy atom. The molecule has 3 aromatic carbocycles. The van der Waals surface area contributed by atoms with Crippen LogP contribution in [0.3, 0.4) is 0 Å². The predicted octanol–water partition coefficient (Wildman–Crippen LogP) is 8.19. The first-order valence-electron chi connectivity index (χ1n) is 11.8. The maximum atomic E-state index is 12.7. The molecule has 5 nitrogen and oxygen atoms in total. The molecule has 8 heteroatoms. The number of amides is 1. The number of hydrogen-bond donors (Lipinski definition) is 1. The highest BCUT2D eigenvalue weighted by molar-refractivity contribution is 7.99. The molecule has 1 N–H and O–H groups in total. The normalized spacial score (nSPS) is 10.6. The molecule has 0 atom stereocenters. The van der Waals surface area contributed by atoms with Crippen LogP contribution in [-0.4, -0.2) is 21.6 Å². The molecule has 0 saturated carbocycles. The summed E-state index contributed by atoms with van der Waals surface area (Å²) in [5.74, 6) is 0.325. The first-order chi connectivity index (χ1) is 18.6. The van der Waals surface area contributed by atoms with Crippen LogP contribution in [0.5, 0.6) is 0 Å². The second-order valence-electron chi connectivity index (χ2n) is 8.27. The third-order valence-corrected chi connectivity index (χ3v) is 7.70. The molecular weight excluding hydrogens is 532 g/mol. The average Bonchev–Trinajstić information content (AvgIpc) is 3.42. The van der Waals surface area contributed by atoms with E-state index in [0.717, 1.165) is 33.6 Å². The topological polar surface area (TPSA) is 78.7 Å². The Labute approximate surface area is 234 Å². The van der Waals surface area contributed by atoms with Gasteiger partial charge in [-0.05, 0) is 23.8 Å². The van der Waals surface area contributed by atoms with Crippen LogP contribution in [-0.2, 0) is 4.79 Å². The molecule has 5 rings (SSSR count). The number of thioether (sulfide) groups is 1. The van der Waals surface area contributed by atoms with E-state index in [2.05, 4.69) is 16.4 Å². The molecule has 2 heterocycles. The second-order valence-corrected chi connectivity index (χ2v) is 10.6. The van der Waals surface area contributed by atoms with E-state index in [-0.39, 0.29) is 12.3 Å². The highest BCUT2D eigenvalue weighted by Gasteiger charge is 2.16. The van der Waals surface area contributed by atoms with E-state index < -0.39 is 0 Å². The molecule has 2 aromatic heterocycles. The highest BCUT2D eigenvalue weighted by Crippen LogP contribution is 2.34. The zero-order valence-corrected chi connectivity index (χ0v) is 22.5. The van der Waals surface area contributed by atoms with E-state index in [1.807, 2.05) is 96.4 Å². The van der Waals surface area contributed by atoms with Gasteiger partial charge in [0, 0.05) is 39.3 Å². The van der Waals surface area contributed by atoms with Gasteiger partial charge in [-0.25, -0.2) is 9.97 Å². The SMILES string of the molecule is N#Cc1c(-c2ccccc2)cc(-c2ccccc2)nc1SCCC(=O)Nc1nc(-c2ccc(Cl)cc2)cs1. The summed E-state index contributed by atoms with van der Waals surface area (Å²) in [5.41, 5.74) is 5.75. The van der Waals surface area contributed by atoms with Crippen molar-refractivity contribution in [2.75, 3.05) is 11.1 Å². The lowest BCUT2D eigenvalue weighted by atomic mass is 9.99. The molecule has 0 spiro atoms. The number of thiazole rings is 1. The van der Waals surface area contributed by atoms with Crippen molar-refractivity contribution in [3.05, 3.63) is 107 Å². The first-order valence-corrected chi connectivity index (χ1v) is 14.0. The van der Waals surface area contributed by atoms with E-state index in [9.17, 15) is 10.1 Å². The first kappa shape index (κ1) is 25.7. The lowest BCUT2D eigenvalue weighted by Gasteiger charge is -2.12. The van der Waals surface area contributed by atoms with Crippen molar-refractivity contribution >= 4 is 45.7 Å². The van der Waals surface area contributed by atoms with Gasteiger partial charge in [0.15, 0.2) is 5.13 Å². The number of nitrogens with one attached hydrogen (secondary N) is 1. The number of carbonyl (C=O) groups is 1. The molecule has 38 heavy (non-hydrogen) atoms. The summed E-state index contributed by atoms with van der Waals surface area (Å²) < 4.78 is 0. The third-order valence-electron chi connectivity index (χ3n) is 5.71. The van der Waals surface area contributed by atoms with Gasteiger partial charge in [0.2, 0.25) is 5.91 Å². The van der Waals surface area contributed by atoms with Crippen LogP contribution in [0.15, 0.2) is 101 Å². The van der Waals surface area contributed by atoms with Gasteiger partial charge < -0.3 is 5.32 Å². The van der Waals surface area contributed by atoms with Gasteiger partial charge in [-0.3, -0.25) is 4.79 Å². The van der Waals surface area contributed by atoms with Crippen molar-refractivity contribution in [1.29, 1.82) is 5.26 Å². The summed E-state index contributed by atoms with van der Waals surface area (Å²) in [6.45, 7) is 0. The number of anilines is 1. The number of aromatic nitrogens is 2. The third kappa shape index (κ3) is 6.12. The molecule has 0 saturated heterocycles. The molecule has 0 fully saturated rings. The average molecular weight is 553 g/mol. The Balaban J connectivity index is 1.31. The van der Waals surface area contributed by atoms with Crippen LogP contribution in [0.2, 0.25) is 5.02 Å². The summed E-state index contributed by atoms with van der Waals surface area (Å²) in [7, 11) is 0. The van der Waals surface area contributed by atoms with Crippen molar-refractivity contribution in [3.63, 3.8) is 0 Å². The van der Waals surface area contributed by atoms with Crippen LogP contribution < -0.4 is 5.32 Å². The number of nitriles is 1. The summed E-state index contributed by atoms with van der Waals surface area (Å²) in [4.78, 5) is 22.0. The molecule has 0 radical (unpaired) electrons. The standard InChI is InChI=1S/C30H21ClN4OS2/c31-23-13-11-22(12-14-23)27-19-38-30(34-27)35-28(36)15-16-37-29-25(18-32)24(20-7-3-1-4-8-20)17-26(33-29)21-9-5-2-6-10-21/h1-14,17,19H,15-16H2,(H,34,35,36). The van der Waals surface area contributed by atoms with E-state index >= 15 is 0 Å². The van der Waals surface area contributed by atoms with E-state index in [4.69, 9.17) is 16.6 Å². The van der Waals surface area contributed by atoms with E-state index in [1.165, 1.54) is 23.1 Å². The molecular formula is C30H21ClN4OS2. The van der Waals surface area contributed by atoms with Crippen LogP contribution in [0.1, 0.15) is 12.0 Å². The highest BCUT2D eigenvalue weighted by atomic mass is 35.5. The number of halogens is 1. The maximum Gasteiger partial charge on any atom is 0.226 e. The molecule has 186 valence electrons. The zero-order chi connectivity index (χ0) is 26.3. The smallest absolute Gasteiger partial charge is 0.226 e. The predicted molar refractivity (Wildman–Crippen MR) is 156 cm³/mol. The Kier molecular flexibility index (Phi) is 8.15. The number of nitrogens with zero attached hydrogens (tertiary/aromatic N) is 3. The second kappa shape index (κ2) is 12.1. The summed E-state index contributed by atoms with van der Waals surface area (Å²) in [6, 6.07) is 31.4. The zero-order valence-electron chi connectivity index (χ0n) is 20.1. The largest absolute Gasteiger partial charge is 0.302 e. The lowest BCUT2D eigenvalue weighted by molar-refractivity contribution is -0.115.